The number of likely N-dealkylation sites (N-methyl/N-ethyl adjacent to an activating group) is 1. The Bertz CT molecular complexity index is 1390. The molecule has 10 heteroatoms. The van der Waals surface area contributed by atoms with Crippen LogP contribution in [-0.4, -0.2) is 66.7 Å². The minimum atomic E-state index is -3.39. The molecule has 0 saturated heterocycles. The SMILES string of the molecule is CN(Cc1ccccc1)CC(NC(=O)OCC1c2ccccc2-c2ccccc21)C(=O)NCC1C(C(=O)O)C1(F)F. The summed E-state index contributed by atoms with van der Waals surface area (Å²) in [5, 5.41) is 14.0. The quantitative estimate of drug-likeness (QED) is 0.324. The van der Waals surface area contributed by atoms with E-state index >= 15 is 0 Å². The number of hydrogen-bond acceptors (Lipinski definition) is 5. The van der Waals surface area contributed by atoms with Gasteiger partial charge < -0.3 is 20.5 Å². The molecule has 3 N–H and O–H groups in total. The summed E-state index contributed by atoms with van der Waals surface area (Å²) in [5.41, 5.74) is 5.22. The Balaban J connectivity index is 1.24. The summed E-state index contributed by atoms with van der Waals surface area (Å²) >= 11 is 0. The van der Waals surface area contributed by atoms with E-state index in [9.17, 15) is 23.2 Å². The molecule has 214 valence electrons. The van der Waals surface area contributed by atoms with Gasteiger partial charge in [-0.3, -0.25) is 14.5 Å². The van der Waals surface area contributed by atoms with Crippen molar-refractivity contribution in [2.24, 2.45) is 11.8 Å². The van der Waals surface area contributed by atoms with Gasteiger partial charge in [-0.1, -0.05) is 78.9 Å². The molecular weight excluding hydrogens is 532 g/mol. The standard InChI is InChI=1S/C31H31F2N3O5/c1-36(16-19-9-3-2-4-10-19)17-26(28(37)34-15-25-27(29(38)39)31(25,32)33)35-30(40)41-18-24-22-13-7-5-11-20(22)21-12-6-8-14-23(21)24/h2-14,24-27H,15-18H2,1H3,(H,34,37)(H,35,40)(H,38,39). The van der Waals surface area contributed by atoms with Crippen molar-refractivity contribution in [1.29, 1.82) is 0 Å². The molecule has 5 rings (SSSR count). The molecule has 0 bridgehead atoms. The van der Waals surface area contributed by atoms with Crippen LogP contribution in [0, 0.1) is 11.8 Å². The van der Waals surface area contributed by atoms with Crippen LogP contribution in [0.2, 0.25) is 0 Å². The van der Waals surface area contributed by atoms with E-state index in [1.165, 1.54) is 0 Å². The van der Waals surface area contributed by atoms with Crippen molar-refractivity contribution in [3.05, 3.63) is 95.6 Å². The smallest absolute Gasteiger partial charge is 0.407 e. The van der Waals surface area contributed by atoms with Crippen LogP contribution in [-0.2, 0) is 20.9 Å². The van der Waals surface area contributed by atoms with Crippen LogP contribution in [0.15, 0.2) is 78.9 Å². The molecule has 0 aliphatic heterocycles. The number of carboxylic acids is 1. The Morgan fingerprint density at radius 3 is 2.12 bits per heavy atom. The molecule has 1 saturated carbocycles. The van der Waals surface area contributed by atoms with Crippen LogP contribution < -0.4 is 10.6 Å². The van der Waals surface area contributed by atoms with Gasteiger partial charge in [0.05, 0.1) is 5.92 Å². The van der Waals surface area contributed by atoms with Crippen LogP contribution in [0.1, 0.15) is 22.6 Å². The predicted octanol–water partition coefficient (Wildman–Crippen LogP) is 4.11. The Hall–Kier alpha value is -4.31. The van der Waals surface area contributed by atoms with Crippen molar-refractivity contribution in [2.75, 3.05) is 26.7 Å². The van der Waals surface area contributed by atoms with E-state index < -0.39 is 48.3 Å². The van der Waals surface area contributed by atoms with E-state index in [1.807, 2.05) is 83.8 Å². The van der Waals surface area contributed by atoms with Gasteiger partial charge in [0.25, 0.3) is 5.92 Å². The molecule has 41 heavy (non-hydrogen) atoms. The summed E-state index contributed by atoms with van der Waals surface area (Å²) in [6.45, 7) is 0.0594. The van der Waals surface area contributed by atoms with Crippen LogP contribution in [0.3, 0.4) is 0 Å². The lowest BCUT2D eigenvalue weighted by Crippen LogP contribution is -2.52. The number of alkyl carbamates (subject to hydrolysis) is 1. The molecule has 8 nitrogen and oxygen atoms in total. The first kappa shape index (κ1) is 28.2. The number of hydrogen-bond donors (Lipinski definition) is 3. The molecule has 0 aromatic heterocycles. The van der Waals surface area contributed by atoms with Crippen LogP contribution >= 0.6 is 0 Å². The van der Waals surface area contributed by atoms with Crippen molar-refractivity contribution < 1.29 is 33.0 Å². The lowest BCUT2D eigenvalue weighted by molar-refractivity contribution is -0.141. The molecule has 3 atom stereocenters. The fourth-order valence-corrected chi connectivity index (χ4v) is 5.56. The fraction of sp³-hybridized carbons (Fsp3) is 0.323. The highest BCUT2D eigenvalue weighted by atomic mass is 19.3. The average Bonchev–Trinajstić information content (AvgIpc) is 3.37. The number of nitrogens with zero attached hydrogens (tertiary/aromatic N) is 1. The Labute approximate surface area is 236 Å². The van der Waals surface area contributed by atoms with E-state index in [0.717, 1.165) is 27.8 Å². The number of aliphatic carboxylic acids is 1. The van der Waals surface area contributed by atoms with Gasteiger partial charge in [-0.2, -0.15) is 0 Å². The number of amides is 2. The molecule has 0 heterocycles. The number of rotatable bonds is 11. The third-order valence-corrected chi connectivity index (χ3v) is 7.71. The van der Waals surface area contributed by atoms with E-state index in [1.54, 1.807) is 7.05 Å². The second-order valence-corrected chi connectivity index (χ2v) is 10.5. The maximum atomic E-state index is 13.9. The third-order valence-electron chi connectivity index (χ3n) is 7.71. The molecule has 0 radical (unpaired) electrons. The molecule has 2 aliphatic rings. The van der Waals surface area contributed by atoms with Gasteiger partial charge in [0.1, 0.15) is 18.6 Å². The number of nitrogens with one attached hydrogen (secondary N) is 2. The first-order valence-corrected chi connectivity index (χ1v) is 13.4. The number of fused-ring (bicyclic) bond motifs is 3. The summed E-state index contributed by atoms with van der Waals surface area (Å²) in [5.74, 6) is -9.21. The number of alkyl halides is 2. The predicted molar refractivity (Wildman–Crippen MR) is 147 cm³/mol. The zero-order valence-electron chi connectivity index (χ0n) is 22.4. The van der Waals surface area contributed by atoms with Gasteiger partial charge in [0.15, 0.2) is 0 Å². The van der Waals surface area contributed by atoms with Crippen molar-refractivity contribution in [1.82, 2.24) is 15.5 Å². The van der Waals surface area contributed by atoms with Gasteiger partial charge in [-0.05, 0) is 34.9 Å². The fourth-order valence-electron chi connectivity index (χ4n) is 5.56. The number of ether oxygens (including phenoxy) is 1. The number of carbonyl (C=O) groups excluding carboxylic acids is 2. The van der Waals surface area contributed by atoms with Gasteiger partial charge in [-0.15, -0.1) is 0 Å². The maximum absolute atomic E-state index is 13.9. The molecule has 2 amide bonds. The van der Waals surface area contributed by atoms with Crippen molar-refractivity contribution in [3.63, 3.8) is 0 Å². The maximum Gasteiger partial charge on any atom is 0.407 e. The zero-order chi connectivity index (χ0) is 29.1. The summed E-state index contributed by atoms with van der Waals surface area (Å²) in [6, 6.07) is 24.2. The second-order valence-electron chi connectivity index (χ2n) is 10.5. The number of carbonyl (C=O) groups is 3. The minimum Gasteiger partial charge on any atom is -0.481 e. The molecule has 3 aromatic rings. The van der Waals surface area contributed by atoms with Gasteiger partial charge >= 0.3 is 12.1 Å². The highest BCUT2D eigenvalue weighted by Crippen LogP contribution is 2.54. The van der Waals surface area contributed by atoms with E-state index in [2.05, 4.69) is 10.6 Å². The van der Waals surface area contributed by atoms with Crippen molar-refractivity contribution in [3.8, 4) is 11.1 Å². The largest absolute Gasteiger partial charge is 0.481 e. The average molecular weight is 564 g/mol. The zero-order valence-corrected chi connectivity index (χ0v) is 22.4. The van der Waals surface area contributed by atoms with E-state index in [0.29, 0.717) is 6.54 Å². The minimum absolute atomic E-state index is 0.0443. The lowest BCUT2D eigenvalue weighted by atomic mass is 9.98. The van der Waals surface area contributed by atoms with Crippen LogP contribution in [0.5, 0.6) is 0 Å². The number of benzene rings is 3. The monoisotopic (exact) mass is 563 g/mol. The number of halogens is 2. The normalized spacial score (nSPS) is 19.1. The second kappa shape index (κ2) is 11.7. The van der Waals surface area contributed by atoms with E-state index in [4.69, 9.17) is 9.84 Å². The summed E-state index contributed by atoms with van der Waals surface area (Å²) in [6.07, 6.45) is -0.819. The lowest BCUT2D eigenvalue weighted by Gasteiger charge is -2.25. The highest BCUT2D eigenvalue weighted by Gasteiger charge is 2.72. The molecule has 2 aliphatic carbocycles. The Morgan fingerprint density at radius 1 is 0.951 bits per heavy atom. The summed E-state index contributed by atoms with van der Waals surface area (Å²) < 4.78 is 33.3. The third kappa shape index (κ3) is 6.07. The van der Waals surface area contributed by atoms with Crippen molar-refractivity contribution >= 4 is 18.0 Å². The number of carboxylic acid groups (broad SMARTS) is 1. The summed E-state index contributed by atoms with van der Waals surface area (Å²) in [7, 11) is 1.77. The molecule has 3 unspecified atom stereocenters. The first-order chi connectivity index (χ1) is 19.7. The topological polar surface area (TPSA) is 108 Å². The summed E-state index contributed by atoms with van der Waals surface area (Å²) in [4.78, 5) is 38.9. The molecule has 0 spiro atoms. The molecule has 1 fully saturated rings. The van der Waals surface area contributed by atoms with Gasteiger partial charge in [0, 0.05) is 25.6 Å². The van der Waals surface area contributed by atoms with Gasteiger partial charge in [-0.25, -0.2) is 13.6 Å². The van der Waals surface area contributed by atoms with Crippen molar-refractivity contribution in [2.45, 2.75) is 24.4 Å². The van der Waals surface area contributed by atoms with E-state index in [-0.39, 0.29) is 19.1 Å². The van der Waals surface area contributed by atoms with Crippen LogP contribution in [0.25, 0.3) is 11.1 Å². The van der Waals surface area contributed by atoms with Gasteiger partial charge in [0.2, 0.25) is 5.91 Å². The highest BCUT2D eigenvalue weighted by molar-refractivity contribution is 5.86. The molecular formula is C31H31F2N3O5. The Kier molecular flexibility index (Phi) is 8.03. The Morgan fingerprint density at radius 2 is 1.54 bits per heavy atom. The van der Waals surface area contributed by atoms with Crippen LogP contribution in [0.4, 0.5) is 13.6 Å². The first-order valence-electron chi connectivity index (χ1n) is 13.4. The molecule has 3 aromatic carbocycles.